The molecule has 10 heavy (non-hydrogen) atoms. The van der Waals surface area contributed by atoms with Crippen LogP contribution in [0.4, 0.5) is 0 Å². The van der Waals surface area contributed by atoms with Crippen LogP contribution < -0.4 is 0 Å². The van der Waals surface area contributed by atoms with Gasteiger partial charge in [0.1, 0.15) is 6.29 Å². The van der Waals surface area contributed by atoms with Crippen LogP contribution in [0.15, 0.2) is 36.0 Å². The van der Waals surface area contributed by atoms with Gasteiger partial charge < -0.3 is 0 Å². The van der Waals surface area contributed by atoms with Crippen LogP contribution >= 0.6 is 15.9 Å². The van der Waals surface area contributed by atoms with Crippen molar-refractivity contribution >= 4 is 22.2 Å². The van der Waals surface area contributed by atoms with Crippen LogP contribution in [-0.4, -0.2) is 11.1 Å². The molecule has 2 heteroatoms. The summed E-state index contributed by atoms with van der Waals surface area (Å²) in [5.74, 6) is 0. The second-order valence-corrected chi connectivity index (χ2v) is 3.03. The maximum Gasteiger partial charge on any atom is 0.149 e. The Balaban J connectivity index is 2.83. The summed E-state index contributed by atoms with van der Waals surface area (Å²) in [6, 6.07) is 0. The molecule has 1 unspecified atom stereocenters. The van der Waals surface area contributed by atoms with Gasteiger partial charge in [0.05, 0.1) is 4.83 Å². The molecule has 0 N–H and O–H groups in total. The van der Waals surface area contributed by atoms with Crippen molar-refractivity contribution in [2.75, 3.05) is 0 Å². The first-order valence-corrected chi connectivity index (χ1v) is 3.90. The molecule has 0 heterocycles. The molecule has 0 aliphatic heterocycles. The largest absolute Gasteiger partial charge is 0.298 e. The third-order valence-electron chi connectivity index (χ3n) is 1.18. The number of aldehydes is 1. The molecular weight excluding hydrogens is 192 g/mol. The van der Waals surface area contributed by atoms with Crippen LogP contribution in [-0.2, 0) is 4.79 Å². The average Bonchev–Trinajstić information content (AvgIpc) is 2.13. The number of carbonyl (C=O) groups is 1. The van der Waals surface area contributed by atoms with E-state index in [0.29, 0.717) is 5.57 Å². The maximum atomic E-state index is 10.3. The quantitative estimate of drug-likeness (QED) is 0.466. The zero-order valence-corrected chi connectivity index (χ0v) is 6.91. The number of allylic oxidation sites excluding steroid dienone is 6. The Kier molecular flexibility index (Phi) is 2.63. The number of halogens is 1. The molecule has 0 amide bonds. The Hall–Kier alpha value is -0.630. The molecule has 0 aromatic carbocycles. The van der Waals surface area contributed by atoms with Crippen molar-refractivity contribution in [2.24, 2.45) is 0 Å². The van der Waals surface area contributed by atoms with Crippen molar-refractivity contribution in [3.63, 3.8) is 0 Å². The number of alkyl halides is 1. The molecular formula is C8H7BrO. The van der Waals surface area contributed by atoms with E-state index in [1.54, 1.807) is 6.08 Å². The summed E-state index contributed by atoms with van der Waals surface area (Å²) in [4.78, 5) is 10.5. The molecule has 0 saturated heterocycles. The van der Waals surface area contributed by atoms with Crippen LogP contribution in [0, 0.1) is 0 Å². The molecule has 52 valence electrons. The fourth-order valence-electron chi connectivity index (χ4n) is 0.710. The van der Waals surface area contributed by atoms with Crippen molar-refractivity contribution in [1.29, 1.82) is 0 Å². The summed E-state index contributed by atoms with van der Waals surface area (Å²) < 4.78 is 0. The highest BCUT2D eigenvalue weighted by molar-refractivity contribution is 9.09. The first-order chi connectivity index (χ1) is 4.83. The monoisotopic (exact) mass is 198 g/mol. The van der Waals surface area contributed by atoms with E-state index in [-0.39, 0.29) is 4.83 Å². The van der Waals surface area contributed by atoms with Gasteiger partial charge in [0, 0.05) is 5.57 Å². The molecule has 1 aliphatic carbocycles. The van der Waals surface area contributed by atoms with E-state index in [4.69, 9.17) is 0 Å². The van der Waals surface area contributed by atoms with E-state index >= 15 is 0 Å². The fraction of sp³-hybridized carbons (Fsp3) is 0.125. The fourth-order valence-corrected chi connectivity index (χ4v) is 1.19. The van der Waals surface area contributed by atoms with Gasteiger partial charge in [0.15, 0.2) is 0 Å². The van der Waals surface area contributed by atoms with Crippen LogP contribution in [0.5, 0.6) is 0 Å². The Morgan fingerprint density at radius 1 is 1.50 bits per heavy atom. The molecule has 0 saturated carbocycles. The van der Waals surface area contributed by atoms with Gasteiger partial charge in [-0.05, 0) is 0 Å². The number of carbonyl (C=O) groups excluding carboxylic acids is 1. The smallest absolute Gasteiger partial charge is 0.149 e. The predicted molar refractivity (Wildman–Crippen MR) is 45.1 cm³/mol. The second kappa shape index (κ2) is 3.52. The normalized spacial score (nSPS) is 23.7. The SMILES string of the molecule is O=CC1=CC(Br)C=CC=C1. The van der Waals surface area contributed by atoms with E-state index in [2.05, 4.69) is 15.9 Å². The summed E-state index contributed by atoms with van der Waals surface area (Å²) in [7, 11) is 0. The number of hydrogen-bond acceptors (Lipinski definition) is 1. The van der Waals surface area contributed by atoms with Crippen LogP contribution in [0.2, 0.25) is 0 Å². The second-order valence-electron chi connectivity index (χ2n) is 1.97. The van der Waals surface area contributed by atoms with Crippen molar-refractivity contribution in [1.82, 2.24) is 0 Å². The zero-order chi connectivity index (χ0) is 7.40. The molecule has 1 atom stereocenters. The molecule has 1 aliphatic rings. The summed E-state index contributed by atoms with van der Waals surface area (Å²) in [5, 5.41) is 0. The molecule has 0 spiro atoms. The summed E-state index contributed by atoms with van der Waals surface area (Å²) in [5.41, 5.74) is 0.715. The lowest BCUT2D eigenvalue weighted by Crippen LogP contribution is -1.87. The van der Waals surface area contributed by atoms with Gasteiger partial charge in [-0.2, -0.15) is 0 Å². The molecule has 0 aromatic rings. The number of rotatable bonds is 1. The lowest BCUT2D eigenvalue weighted by atomic mass is 10.2. The summed E-state index contributed by atoms with van der Waals surface area (Å²) >= 11 is 3.36. The van der Waals surface area contributed by atoms with Gasteiger partial charge in [-0.25, -0.2) is 0 Å². The van der Waals surface area contributed by atoms with Crippen LogP contribution in [0.3, 0.4) is 0 Å². The van der Waals surface area contributed by atoms with E-state index in [0.717, 1.165) is 6.29 Å². The molecule has 0 fully saturated rings. The van der Waals surface area contributed by atoms with Gasteiger partial charge >= 0.3 is 0 Å². The first-order valence-electron chi connectivity index (χ1n) is 2.99. The van der Waals surface area contributed by atoms with Crippen LogP contribution in [0.1, 0.15) is 0 Å². The third-order valence-corrected chi connectivity index (χ3v) is 1.75. The Morgan fingerprint density at radius 2 is 2.30 bits per heavy atom. The minimum Gasteiger partial charge on any atom is -0.298 e. The van der Waals surface area contributed by atoms with Gasteiger partial charge in [-0.3, -0.25) is 4.79 Å². The summed E-state index contributed by atoms with van der Waals surface area (Å²) in [6.45, 7) is 0. The Bertz CT molecular complexity index is 213. The highest BCUT2D eigenvalue weighted by atomic mass is 79.9. The maximum absolute atomic E-state index is 10.3. The Morgan fingerprint density at radius 3 is 3.00 bits per heavy atom. The number of hydrogen-bond donors (Lipinski definition) is 0. The highest BCUT2D eigenvalue weighted by Gasteiger charge is 1.97. The van der Waals surface area contributed by atoms with Crippen molar-refractivity contribution in [3.8, 4) is 0 Å². The van der Waals surface area contributed by atoms with E-state index in [9.17, 15) is 4.79 Å². The third kappa shape index (κ3) is 1.95. The van der Waals surface area contributed by atoms with Gasteiger partial charge in [-0.1, -0.05) is 46.3 Å². The van der Waals surface area contributed by atoms with E-state index < -0.39 is 0 Å². The standard InChI is InChI=1S/C8H7BrO/c9-8-4-2-1-3-7(5-8)6-10/h1-6,8H. The lowest BCUT2D eigenvalue weighted by molar-refractivity contribution is -0.104. The van der Waals surface area contributed by atoms with E-state index in [1.807, 2.05) is 24.3 Å². The predicted octanol–water partition coefficient (Wildman–Crippen LogP) is 2.00. The minimum atomic E-state index is 0.183. The van der Waals surface area contributed by atoms with Crippen LogP contribution in [0.25, 0.3) is 0 Å². The molecule has 0 aromatic heterocycles. The zero-order valence-electron chi connectivity index (χ0n) is 5.33. The molecule has 1 nitrogen and oxygen atoms in total. The molecule has 1 rings (SSSR count). The first kappa shape index (κ1) is 7.48. The summed E-state index contributed by atoms with van der Waals surface area (Å²) in [6.07, 6.45) is 10.2. The van der Waals surface area contributed by atoms with Crippen molar-refractivity contribution in [3.05, 3.63) is 36.0 Å². The lowest BCUT2D eigenvalue weighted by Gasteiger charge is -1.92. The molecule has 0 bridgehead atoms. The molecule has 0 radical (unpaired) electrons. The van der Waals surface area contributed by atoms with Gasteiger partial charge in [0.25, 0.3) is 0 Å². The minimum absolute atomic E-state index is 0.183. The van der Waals surface area contributed by atoms with Crippen molar-refractivity contribution in [2.45, 2.75) is 4.83 Å². The Labute approximate surface area is 68.2 Å². The van der Waals surface area contributed by atoms with Gasteiger partial charge in [0.2, 0.25) is 0 Å². The topological polar surface area (TPSA) is 17.1 Å². The highest BCUT2D eigenvalue weighted by Crippen LogP contribution is 2.10. The van der Waals surface area contributed by atoms with E-state index in [1.165, 1.54) is 0 Å². The van der Waals surface area contributed by atoms with Gasteiger partial charge in [-0.15, -0.1) is 0 Å². The average molecular weight is 199 g/mol. The van der Waals surface area contributed by atoms with Crippen molar-refractivity contribution < 1.29 is 4.79 Å².